The molecule has 0 aliphatic heterocycles. The van der Waals surface area contributed by atoms with Crippen LogP contribution >= 0.6 is 0 Å². The molecule has 0 aromatic heterocycles. The first-order valence-corrected chi connectivity index (χ1v) is 3.40. The van der Waals surface area contributed by atoms with Crippen LogP contribution in [0.15, 0.2) is 30.3 Å². The van der Waals surface area contributed by atoms with Gasteiger partial charge in [-0.3, -0.25) is 4.79 Å². The Bertz CT molecular complexity index is 206. The number of ether oxygens (including phenoxy) is 1. The Morgan fingerprint density at radius 2 is 2.00 bits per heavy atom. The molecule has 0 aliphatic carbocycles. The van der Waals surface area contributed by atoms with Crippen molar-refractivity contribution >= 4 is 6.29 Å². The summed E-state index contributed by atoms with van der Waals surface area (Å²) in [6.07, 6.45) is 1.67. The molecule has 1 aromatic carbocycles. The SMILES string of the molecule is O=[C]COCc1ccccc1. The van der Waals surface area contributed by atoms with Crippen molar-refractivity contribution in [3.8, 4) is 0 Å². The summed E-state index contributed by atoms with van der Waals surface area (Å²) in [7, 11) is 0. The highest BCUT2D eigenvalue weighted by Gasteiger charge is 1.89. The zero-order chi connectivity index (χ0) is 7.94. The molecule has 0 unspecified atom stereocenters. The Morgan fingerprint density at radius 3 is 2.64 bits per heavy atom. The molecule has 1 radical (unpaired) electrons. The van der Waals surface area contributed by atoms with E-state index in [1.807, 2.05) is 30.3 Å². The van der Waals surface area contributed by atoms with Crippen molar-refractivity contribution in [3.63, 3.8) is 0 Å². The van der Waals surface area contributed by atoms with E-state index < -0.39 is 0 Å². The summed E-state index contributed by atoms with van der Waals surface area (Å²) < 4.78 is 4.95. The number of hydrogen-bond donors (Lipinski definition) is 0. The van der Waals surface area contributed by atoms with Crippen LogP contribution in [-0.4, -0.2) is 12.9 Å². The molecule has 2 nitrogen and oxygen atoms in total. The lowest BCUT2D eigenvalue weighted by molar-refractivity contribution is 0.156. The van der Waals surface area contributed by atoms with Gasteiger partial charge >= 0.3 is 0 Å². The summed E-state index contributed by atoms with van der Waals surface area (Å²) in [6.45, 7) is 0.533. The lowest BCUT2D eigenvalue weighted by Gasteiger charge is -1.98. The van der Waals surface area contributed by atoms with E-state index in [2.05, 4.69) is 0 Å². The largest absolute Gasteiger partial charge is 0.368 e. The van der Waals surface area contributed by atoms with Gasteiger partial charge in [0.15, 0.2) is 0 Å². The minimum absolute atomic E-state index is 0.0505. The maximum Gasteiger partial charge on any atom is 0.226 e. The third kappa shape index (κ3) is 2.96. The molecule has 0 bridgehead atoms. The van der Waals surface area contributed by atoms with Gasteiger partial charge in [-0.25, -0.2) is 0 Å². The monoisotopic (exact) mass is 149 g/mol. The number of rotatable bonds is 4. The van der Waals surface area contributed by atoms with Gasteiger partial charge in [-0.2, -0.15) is 0 Å². The first-order chi connectivity index (χ1) is 5.43. The number of hydrogen-bond acceptors (Lipinski definition) is 2. The highest BCUT2D eigenvalue weighted by Crippen LogP contribution is 1.99. The average molecular weight is 149 g/mol. The van der Waals surface area contributed by atoms with Crippen molar-refractivity contribution in [2.24, 2.45) is 0 Å². The summed E-state index contributed by atoms with van der Waals surface area (Å²) in [6, 6.07) is 9.71. The Morgan fingerprint density at radius 1 is 1.27 bits per heavy atom. The highest BCUT2D eigenvalue weighted by molar-refractivity contribution is 5.51. The molecule has 1 rings (SSSR count). The predicted octanol–water partition coefficient (Wildman–Crippen LogP) is 1.31. The molecule has 0 aliphatic rings. The predicted molar refractivity (Wildman–Crippen MR) is 41.8 cm³/mol. The molecule has 0 saturated carbocycles. The number of benzene rings is 1. The lowest BCUT2D eigenvalue weighted by atomic mass is 10.2. The molecule has 0 fully saturated rings. The van der Waals surface area contributed by atoms with Gasteiger partial charge in [0.2, 0.25) is 6.29 Å². The van der Waals surface area contributed by atoms with E-state index in [0.29, 0.717) is 6.61 Å². The first kappa shape index (κ1) is 7.95. The van der Waals surface area contributed by atoms with E-state index in [1.165, 1.54) is 0 Å². The van der Waals surface area contributed by atoms with Gasteiger partial charge in [0.25, 0.3) is 0 Å². The topological polar surface area (TPSA) is 26.3 Å². The third-order valence-electron chi connectivity index (χ3n) is 1.27. The fourth-order valence-electron chi connectivity index (χ4n) is 0.785. The third-order valence-corrected chi connectivity index (χ3v) is 1.27. The van der Waals surface area contributed by atoms with Crippen molar-refractivity contribution in [2.75, 3.05) is 6.61 Å². The zero-order valence-corrected chi connectivity index (χ0v) is 6.12. The van der Waals surface area contributed by atoms with E-state index >= 15 is 0 Å². The summed E-state index contributed by atoms with van der Waals surface area (Å²) in [5.74, 6) is 0. The van der Waals surface area contributed by atoms with Crippen LogP contribution in [0.2, 0.25) is 0 Å². The van der Waals surface area contributed by atoms with E-state index in [0.717, 1.165) is 5.56 Å². The van der Waals surface area contributed by atoms with Crippen molar-refractivity contribution in [1.29, 1.82) is 0 Å². The maximum absolute atomic E-state index is 9.75. The van der Waals surface area contributed by atoms with Crippen molar-refractivity contribution in [1.82, 2.24) is 0 Å². The van der Waals surface area contributed by atoms with Crippen LogP contribution in [-0.2, 0) is 16.1 Å². The summed E-state index contributed by atoms with van der Waals surface area (Å²) >= 11 is 0. The molecule has 1 aromatic rings. The van der Waals surface area contributed by atoms with Gasteiger partial charge in [0.1, 0.15) is 6.61 Å². The van der Waals surface area contributed by atoms with Crippen LogP contribution in [0.5, 0.6) is 0 Å². The minimum atomic E-state index is 0.0505. The van der Waals surface area contributed by atoms with Crippen LogP contribution in [0.1, 0.15) is 5.56 Å². The Balaban J connectivity index is 2.33. The molecule has 57 valence electrons. The quantitative estimate of drug-likeness (QED) is 0.603. The molecule has 2 heteroatoms. The van der Waals surface area contributed by atoms with E-state index in [4.69, 9.17) is 4.74 Å². The second kappa shape index (κ2) is 4.63. The zero-order valence-electron chi connectivity index (χ0n) is 6.12. The fraction of sp³-hybridized carbons (Fsp3) is 0.222. The molecular formula is C9H9O2. The van der Waals surface area contributed by atoms with Crippen molar-refractivity contribution < 1.29 is 9.53 Å². The van der Waals surface area contributed by atoms with Gasteiger partial charge in [-0.05, 0) is 5.56 Å². The first-order valence-electron chi connectivity index (χ1n) is 3.40. The highest BCUT2D eigenvalue weighted by atomic mass is 16.5. The Kier molecular flexibility index (Phi) is 3.35. The van der Waals surface area contributed by atoms with Gasteiger partial charge < -0.3 is 4.74 Å². The van der Waals surface area contributed by atoms with Gasteiger partial charge in [-0.1, -0.05) is 30.3 Å². The van der Waals surface area contributed by atoms with Crippen molar-refractivity contribution in [3.05, 3.63) is 35.9 Å². The fourth-order valence-corrected chi connectivity index (χ4v) is 0.785. The Hall–Kier alpha value is -1.15. The normalized spacial score (nSPS) is 9.45. The summed E-state index contributed by atoms with van der Waals surface area (Å²) in [5.41, 5.74) is 1.07. The minimum Gasteiger partial charge on any atom is -0.368 e. The molecule has 0 atom stereocenters. The van der Waals surface area contributed by atoms with Crippen LogP contribution < -0.4 is 0 Å². The van der Waals surface area contributed by atoms with Crippen LogP contribution in [0.3, 0.4) is 0 Å². The molecule has 0 heterocycles. The van der Waals surface area contributed by atoms with E-state index in [1.54, 1.807) is 6.29 Å². The van der Waals surface area contributed by atoms with Gasteiger partial charge in [-0.15, -0.1) is 0 Å². The lowest BCUT2D eigenvalue weighted by Crippen LogP contribution is -1.94. The number of carbonyl (C=O) groups excluding carboxylic acids is 1. The molecule has 0 amide bonds. The van der Waals surface area contributed by atoms with Gasteiger partial charge in [0, 0.05) is 0 Å². The van der Waals surface area contributed by atoms with Crippen LogP contribution in [0, 0.1) is 0 Å². The smallest absolute Gasteiger partial charge is 0.226 e. The Labute approximate surface area is 65.8 Å². The average Bonchev–Trinajstić information content (AvgIpc) is 2.07. The second-order valence-electron chi connectivity index (χ2n) is 2.12. The van der Waals surface area contributed by atoms with Gasteiger partial charge in [0.05, 0.1) is 6.61 Å². The van der Waals surface area contributed by atoms with Crippen molar-refractivity contribution in [2.45, 2.75) is 6.61 Å². The molecule has 11 heavy (non-hydrogen) atoms. The second-order valence-corrected chi connectivity index (χ2v) is 2.12. The van der Waals surface area contributed by atoms with E-state index in [9.17, 15) is 4.79 Å². The maximum atomic E-state index is 9.75. The van der Waals surface area contributed by atoms with Crippen LogP contribution in [0.25, 0.3) is 0 Å². The molecular weight excluding hydrogens is 140 g/mol. The van der Waals surface area contributed by atoms with Crippen LogP contribution in [0.4, 0.5) is 0 Å². The molecule has 0 saturated heterocycles. The van der Waals surface area contributed by atoms with E-state index in [-0.39, 0.29) is 6.61 Å². The molecule has 0 spiro atoms. The summed E-state index contributed by atoms with van der Waals surface area (Å²) in [4.78, 5) is 9.75. The molecule has 0 N–H and O–H groups in total. The summed E-state index contributed by atoms with van der Waals surface area (Å²) in [5, 5.41) is 0. The standard InChI is InChI=1S/C9H9O2/c10-6-7-11-8-9-4-2-1-3-5-9/h1-5H,7-8H2.